The van der Waals surface area contributed by atoms with Crippen LogP contribution >= 0.6 is 0 Å². The number of hydrogen-bond donors (Lipinski definition) is 1. The molecule has 1 unspecified atom stereocenters. The van der Waals surface area contributed by atoms with Crippen LogP contribution in [-0.2, 0) is 24.3 Å². The van der Waals surface area contributed by atoms with E-state index in [-0.39, 0.29) is 35.0 Å². The van der Waals surface area contributed by atoms with Gasteiger partial charge in [0.05, 0.1) is 18.3 Å². The molecule has 42 heavy (non-hydrogen) atoms. The molecule has 4 heterocycles. The first-order chi connectivity index (χ1) is 20.2. The number of hydrogen-bond acceptors (Lipinski definition) is 6. The second-order valence-corrected chi connectivity index (χ2v) is 9.76. The molecular formula is C30H22F4N4O4. The van der Waals surface area contributed by atoms with Crippen molar-refractivity contribution in [3.8, 4) is 17.1 Å². The monoisotopic (exact) mass is 578 g/mol. The lowest BCUT2D eigenvalue weighted by atomic mass is 10.0. The fraction of sp³-hybridized carbons (Fsp3) is 0.200. The van der Waals surface area contributed by atoms with E-state index < -0.39 is 41.7 Å². The zero-order valence-corrected chi connectivity index (χ0v) is 21.9. The summed E-state index contributed by atoms with van der Waals surface area (Å²) in [4.78, 5) is 24.4. The largest absolute Gasteiger partial charge is 0.477 e. The molecule has 1 fully saturated rings. The van der Waals surface area contributed by atoms with Crippen LogP contribution in [0.1, 0.15) is 33.9 Å². The number of carboxylic acids is 1. The van der Waals surface area contributed by atoms with Crippen LogP contribution in [0.5, 0.6) is 5.88 Å². The number of carbonyl (C=O) groups is 1. The maximum Gasteiger partial charge on any atom is 0.354 e. The Hall–Kier alpha value is -4.84. The molecule has 0 spiro atoms. The molecule has 214 valence electrons. The summed E-state index contributed by atoms with van der Waals surface area (Å²) in [6, 6.07) is 12.7. The minimum Gasteiger partial charge on any atom is -0.477 e. The van der Waals surface area contributed by atoms with Crippen molar-refractivity contribution >= 4 is 17.1 Å². The van der Waals surface area contributed by atoms with Gasteiger partial charge in [0, 0.05) is 30.2 Å². The van der Waals surface area contributed by atoms with E-state index in [9.17, 15) is 23.1 Å². The quantitative estimate of drug-likeness (QED) is 0.224. The maximum atomic E-state index is 15.3. The summed E-state index contributed by atoms with van der Waals surface area (Å²) < 4.78 is 69.5. The summed E-state index contributed by atoms with van der Waals surface area (Å²) in [7, 11) is 0. The number of benzene rings is 2. The summed E-state index contributed by atoms with van der Waals surface area (Å²) in [6.45, 7) is 0.656. The summed E-state index contributed by atoms with van der Waals surface area (Å²) in [5, 5.41) is 9.38. The van der Waals surface area contributed by atoms with Crippen molar-refractivity contribution in [1.29, 1.82) is 0 Å². The van der Waals surface area contributed by atoms with Gasteiger partial charge >= 0.3 is 5.97 Å². The maximum absolute atomic E-state index is 15.3. The first kappa shape index (κ1) is 27.3. The molecule has 8 nitrogen and oxygen atoms in total. The second kappa shape index (κ2) is 11.2. The number of pyridine rings is 2. The highest BCUT2D eigenvalue weighted by atomic mass is 19.1. The van der Waals surface area contributed by atoms with Crippen LogP contribution in [0, 0.1) is 23.3 Å². The number of aromatic nitrogens is 4. The van der Waals surface area contributed by atoms with Gasteiger partial charge < -0.3 is 19.1 Å². The molecule has 0 saturated carbocycles. The lowest BCUT2D eigenvalue weighted by molar-refractivity contribution is -0.0590. The van der Waals surface area contributed by atoms with E-state index >= 15 is 4.39 Å². The van der Waals surface area contributed by atoms with Gasteiger partial charge in [-0.1, -0.05) is 6.07 Å². The summed E-state index contributed by atoms with van der Waals surface area (Å²) in [5.41, 5.74) is 1.55. The van der Waals surface area contributed by atoms with Crippen LogP contribution in [0.3, 0.4) is 0 Å². The number of nitrogens with zero attached hydrogens (tertiary/aromatic N) is 4. The lowest BCUT2D eigenvalue weighted by Gasteiger charge is -2.27. The highest BCUT2D eigenvalue weighted by Crippen LogP contribution is 2.28. The molecule has 0 radical (unpaired) electrons. The summed E-state index contributed by atoms with van der Waals surface area (Å²) in [6.07, 6.45) is 1.00. The van der Waals surface area contributed by atoms with Gasteiger partial charge in [-0.3, -0.25) is 0 Å². The van der Waals surface area contributed by atoms with E-state index in [0.29, 0.717) is 41.8 Å². The van der Waals surface area contributed by atoms with Gasteiger partial charge in [0.1, 0.15) is 35.4 Å². The molecule has 6 rings (SSSR count). The van der Waals surface area contributed by atoms with Crippen molar-refractivity contribution in [2.75, 3.05) is 6.61 Å². The zero-order valence-electron chi connectivity index (χ0n) is 21.9. The first-order valence-electron chi connectivity index (χ1n) is 13.0. The van der Waals surface area contributed by atoms with Crippen molar-refractivity contribution < 1.29 is 36.9 Å². The standard InChI is InChI=1S/C30H22F4N4O4/c31-18-3-2-17(22(33)13-18)15-42-29-21(32)5-6-24(37-29)20-4-1-16(11-23(20)34)12-27-35-25-7-8-26(30(39)40)36-28(25)38(27)14-19-9-10-41-19/h1-8,11,13,19H,9-10,12,14-15H2,(H,39,40). The van der Waals surface area contributed by atoms with E-state index in [1.807, 2.05) is 0 Å². The van der Waals surface area contributed by atoms with Gasteiger partial charge in [0.25, 0.3) is 5.88 Å². The SMILES string of the molecule is O=C(O)c1ccc2nc(Cc3ccc(-c4ccc(F)c(OCc5ccc(F)cc5F)n4)c(F)c3)n(CC3CCO3)c2n1. The molecule has 0 amide bonds. The number of rotatable bonds is 9. The lowest BCUT2D eigenvalue weighted by Crippen LogP contribution is -2.32. The van der Waals surface area contributed by atoms with Gasteiger partial charge in [-0.05, 0) is 60.5 Å². The average molecular weight is 579 g/mol. The van der Waals surface area contributed by atoms with Gasteiger partial charge in [-0.15, -0.1) is 0 Å². The Morgan fingerprint density at radius 1 is 0.952 bits per heavy atom. The van der Waals surface area contributed by atoms with Gasteiger partial charge in [-0.2, -0.15) is 0 Å². The number of imidazole rings is 1. The fourth-order valence-electron chi connectivity index (χ4n) is 4.65. The highest BCUT2D eigenvalue weighted by molar-refractivity contribution is 5.88. The van der Waals surface area contributed by atoms with Crippen LogP contribution in [0.4, 0.5) is 17.6 Å². The molecule has 5 aromatic rings. The Morgan fingerprint density at radius 2 is 1.79 bits per heavy atom. The smallest absolute Gasteiger partial charge is 0.354 e. The fourth-order valence-corrected chi connectivity index (χ4v) is 4.65. The Morgan fingerprint density at radius 3 is 2.50 bits per heavy atom. The summed E-state index contributed by atoms with van der Waals surface area (Å²) in [5.74, 6) is -4.11. The third-order valence-corrected chi connectivity index (χ3v) is 6.94. The Bertz CT molecular complexity index is 1820. The van der Waals surface area contributed by atoms with Crippen molar-refractivity contribution in [3.63, 3.8) is 0 Å². The van der Waals surface area contributed by atoms with Gasteiger partial charge in [0.2, 0.25) is 0 Å². The molecule has 0 aliphatic carbocycles. The molecule has 1 saturated heterocycles. The highest BCUT2D eigenvalue weighted by Gasteiger charge is 2.23. The normalized spacial score (nSPS) is 14.6. The van der Waals surface area contributed by atoms with Crippen molar-refractivity contribution in [1.82, 2.24) is 19.5 Å². The molecule has 1 aliphatic heterocycles. The van der Waals surface area contributed by atoms with Crippen LogP contribution in [0.15, 0.2) is 60.7 Å². The third kappa shape index (κ3) is 5.53. The predicted molar refractivity (Wildman–Crippen MR) is 142 cm³/mol. The molecule has 3 aromatic heterocycles. The molecule has 2 aromatic carbocycles. The Kier molecular flexibility index (Phi) is 7.29. The second-order valence-electron chi connectivity index (χ2n) is 9.76. The Labute approximate surface area is 236 Å². The molecule has 12 heteroatoms. The third-order valence-electron chi connectivity index (χ3n) is 6.94. The topological polar surface area (TPSA) is 99.4 Å². The van der Waals surface area contributed by atoms with Crippen LogP contribution < -0.4 is 4.74 Å². The van der Waals surface area contributed by atoms with E-state index in [1.54, 1.807) is 16.7 Å². The van der Waals surface area contributed by atoms with Crippen molar-refractivity contribution in [2.24, 2.45) is 0 Å². The Balaban J connectivity index is 1.25. The number of halogens is 4. The van der Waals surface area contributed by atoms with Crippen LogP contribution in [-0.4, -0.2) is 43.3 Å². The van der Waals surface area contributed by atoms with Crippen LogP contribution in [0.25, 0.3) is 22.4 Å². The van der Waals surface area contributed by atoms with E-state index in [0.717, 1.165) is 18.6 Å². The minimum absolute atomic E-state index is 0.00260. The van der Waals surface area contributed by atoms with Gasteiger partial charge in [0.15, 0.2) is 17.2 Å². The van der Waals surface area contributed by atoms with Crippen molar-refractivity contribution in [2.45, 2.75) is 32.1 Å². The van der Waals surface area contributed by atoms with E-state index in [4.69, 9.17) is 9.47 Å². The van der Waals surface area contributed by atoms with E-state index in [1.165, 1.54) is 30.3 Å². The predicted octanol–water partition coefficient (Wildman–Crippen LogP) is 5.71. The molecule has 1 atom stereocenters. The molecule has 0 bridgehead atoms. The van der Waals surface area contributed by atoms with E-state index in [2.05, 4.69) is 15.0 Å². The number of aromatic carboxylic acids is 1. The average Bonchev–Trinajstić information content (AvgIpc) is 3.27. The number of carboxylic acid groups (broad SMARTS) is 1. The molecule has 1 aliphatic rings. The molecular weight excluding hydrogens is 556 g/mol. The summed E-state index contributed by atoms with van der Waals surface area (Å²) >= 11 is 0. The zero-order chi connectivity index (χ0) is 29.4. The van der Waals surface area contributed by atoms with Crippen LogP contribution in [0.2, 0.25) is 0 Å². The number of ether oxygens (including phenoxy) is 2. The first-order valence-corrected chi connectivity index (χ1v) is 13.0. The molecule has 1 N–H and O–H groups in total. The minimum atomic E-state index is -1.16. The number of fused-ring (bicyclic) bond motifs is 1. The van der Waals surface area contributed by atoms with Crippen molar-refractivity contribution in [3.05, 3.63) is 107 Å². The van der Waals surface area contributed by atoms with Gasteiger partial charge in [-0.25, -0.2) is 37.3 Å².